The third kappa shape index (κ3) is 4.05. The van der Waals surface area contributed by atoms with Crippen LogP contribution in [0.1, 0.15) is 47.0 Å². The lowest BCUT2D eigenvalue weighted by Crippen LogP contribution is -2.53. The first kappa shape index (κ1) is 16.2. The van der Waals surface area contributed by atoms with Crippen molar-refractivity contribution in [3.63, 3.8) is 0 Å². The van der Waals surface area contributed by atoms with Crippen LogP contribution in [0.3, 0.4) is 0 Å². The zero-order chi connectivity index (χ0) is 13.5. The van der Waals surface area contributed by atoms with Gasteiger partial charge in [-0.25, -0.2) is 0 Å². The normalized spacial score (nSPS) is 18.7. The Morgan fingerprint density at radius 1 is 1.00 bits per heavy atom. The fourth-order valence-corrected chi connectivity index (χ4v) is 6.14. The predicted molar refractivity (Wildman–Crippen MR) is 77.1 cm³/mol. The first-order valence-electron chi connectivity index (χ1n) is 7.51. The molecule has 0 aliphatic carbocycles. The van der Waals surface area contributed by atoms with E-state index in [0.717, 1.165) is 51.4 Å². The average Bonchev–Trinajstić information content (AvgIpc) is 2.37. The molecule has 0 spiro atoms. The molecule has 1 heterocycles. The van der Waals surface area contributed by atoms with Crippen molar-refractivity contribution in [2.24, 2.45) is 5.41 Å². The summed E-state index contributed by atoms with van der Waals surface area (Å²) in [5.74, 6) is 0. The second-order valence-corrected chi connectivity index (χ2v) is 8.94. The lowest BCUT2D eigenvalue weighted by molar-refractivity contribution is -0.108. The van der Waals surface area contributed by atoms with E-state index in [2.05, 4.69) is 27.7 Å². The highest BCUT2D eigenvalue weighted by Gasteiger charge is 2.48. The fourth-order valence-electron chi connectivity index (χ4n) is 2.44. The molecule has 1 aliphatic rings. The monoisotopic (exact) mass is 274 g/mol. The molecule has 1 rings (SSSR count). The molecule has 0 N–H and O–H groups in total. The van der Waals surface area contributed by atoms with Gasteiger partial charge in [-0.3, -0.25) is 0 Å². The highest BCUT2D eigenvalue weighted by atomic mass is 28.4. The molecule has 18 heavy (non-hydrogen) atoms. The van der Waals surface area contributed by atoms with E-state index in [1.807, 2.05) is 0 Å². The maximum atomic E-state index is 6.22. The summed E-state index contributed by atoms with van der Waals surface area (Å²) in [5, 5.41) is 0. The van der Waals surface area contributed by atoms with E-state index in [1.165, 1.54) is 6.42 Å². The van der Waals surface area contributed by atoms with E-state index in [1.54, 1.807) is 0 Å². The first-order valence-corrected chi connectivity index (χ1v) is 9.74. The lowest BCUT2D eigenvalue weighted by atomic mass is 9.85. The van der Waals surface area contributed by atoms with Crippen molar-refractivity contribution in [1.29, 1.82) is 0 Å². The van der Waals surface area contributed by atoms with Gasteiger partial charge >= 0.3 is 8.56 Å². The van der Waals surface area contributed by atoms with Crippen LogP contribution in [-0.4, -0.2) is 35.0 Å². The Kier molecular flexibility index (Phi) is 6.85. The van der Waals surface area contributed by atoms with E-state index >= 15 is 0 Å². The molecule has 0 bridgehead atoms. The van der Waals surface area contributed by atoms with Gasteiger partial charge in [0, 0.05) is 24.7 Å². The van der Waals surface area contributed by atoms with Gasteiger partial charge in [0.25, 0.3) is 0 Å². The SMILES string of the molecule is CCCO[Si](CC)(CC1(CC)COC1)OCCC. The van der Waals surface area contributed by atoms with Crippen molar-refractivity contribution in [2.45, 2.75) is 59.0 Å². The summed E-state index contributed by atoms with van der Waals surface area (Å²) in [6, 6.07) is 2.15. The van der Waals surface area contributed by atoms with Gasteiger partial charge in [0.05, 0.1) is 13.2 Å². The van der Waals surface area contributed by atoms with Gasteiger partial charge in [0.1, 0.15) is 0 Å². The van der Waals surface area contributed by atoms with Crippen LogP contribution < -0.4 is 0 Å². The Bertz CT molecular complexity index is 216. The van der Waals surface area contributed by atoms with Crippen LogP contribution in [0.15, 0.2) is 0 Å². The molecule has 0 radical (unpaired) electrons. The number of hydrogen-bond acceptors (Lipinski definition) is 3. The summed E-state index contributed by atoms with van der Waals surface area (Å²) in [7, 11) is -2.02. The fraction of sp³-hybridized carbons (Fsp3) is 1.00. The molecule has 108 valence electrons. The molecule has 4 heteroatoms. The molecule has 3 nitrogen and oxygen atoms in total. The largest absolute Gasteiger partial charge is 0.394 e. The van der Waals surface area contributed by atoms with Crippen molar-refractivity contribution in [3.05, 3.63) is 0 Å². The topological polar surface area (TPSA) is 27.7 Å². The molecule has 0 unspecified atom stereocenters. The minimum absolute atomic E-state index is 0.337. The summed E-state index contributed by atoms with van der Waals surface area (Å²) in [5.41, 5.74) is 0.337. The molecule has 0 saturated carbocycles. The molecule has 0 aromatic heterocycles. The van der Waals surface area contributed by atoms with Gasteiger partial charge in [-0.1, -0.05) is 27.7 Å². The van der Waals surface area contributed by atoms with Gasteiger partial charge < -0.3 is 13.6 Å². The highest BCUT2D eigenvalue weighted by Crippen LogP contribution is 2.41. The van der Waals surface area contributed by atoms with E-state index in [9.17, 15) is 0 Å². The average molecular weight is 274 g/mol. The van der Waals surface area contributed by atoms with E-state index in [0.29, 0.717) is 5.41 Å². The van der Waals surface area contributed by atoms with E-state index < -0.39 is 8.56 Å². The van der Waals surface area contributed by atoms with Gasteiger partial charge in [0.2, 0.25) is 0 Å². The second-order valence-electron chi connectivity index (χ2n) is 5.48. The smallest absolute Gasteiger partial charge is 0.338 e. The maximum absolute atomic E-state index is 6.22. The van der Waals surface area contributed by atoms with Crippen molar-refractivity contribution in [1.82, 2.24) is 0 Å². The summed E-state index contributed by atoms with van der Waals surface area (Å²) in [6.45, 7) is 12.3. The Labute approximate surface area is 113 Å². The van der Waals surface area contributed by atoms with Crippen molar-refractivity contribution >= 4 is 8.56 Å². The maximum Gasteiger partial charge on any atom is 0.338 e. The molecule has 1 aliphatic heterocycles. The molecule has 1 saturated heterocycles. The van der Waals surface area contributed by atoms with Crippen LogP contribution in [0.5, 0.6) is 0 Å². The molecule has 0 atom stereocenters. The number of hydrogen-bond donors (Lipinski definition) is 0. The summed E-state index contributed by atoms with van der Waals surface area (Å²) < 4.78 is 17.9. The Morgan fingerprint density at radius 2 is 1.56 bits per heavy atom. The van der Waals surface area contributed by atoms with Crippen LogP contribution in [0.4, 0.5) is 0 Å². The Morgan fingerprint density at radius 3 is 1.83 bits per heavy atom. The molecule has 0 aromatic rings. The van der Waals surface area contributed by atoms with Crippen LogP contribution in [0, 0.1) is 5.41 Å². The Hall–Kier alpha value is 0.0969. The van der Waals surface area contributed by atoms with Crippen LogP contribution in [0.25, 0.3) is 0 Å². The molecule has 0 amide bonds. The van der Waals surface area contributed by atoms with Crippen LogP contribution in [0.2, 0.25) is 12.1 Å². The lowest BCUT2D eigenvalue weighted by Gasteiger charge is -2.45. The zero-order valence-corrected chi connectivity index (χ0v) is 13.6. The van der Waals surface area contributed by atoms with Crippen molar-refractivity contribution in [2.75, 3.05) is 26.4 Å². The Balaban J connectivity index is 2.66. The third-order valence-corrected chi connectivity index (χ3v) is 7.71. The van der Waals surface area contributed by atoms with Crippen molar-refractivity contribution < 1.29 is 13.6 Å². The number of ether oxygens (including phenoxy) is 1. The van der Waals surface area contributed by atoms with Gasteiger partial charge in [0.15, 0.2) is 0 Å². The minimum Gasteiger partial charge on any atom is -0.394 e. The van der Waals surface area contributed by atoms with Gasteiger partial charge in [-0.05, 0) is 25.3 Å². The van der Waals surface area contributed by atoms with Gasteiger partial charge in [-0.2, -0.15) is 0 Å². The summed E-state index contributed by atoms with van der Waals surface area (Å²) in [6.07, 6.45) is 3.31. The van der Waals surface area contributed by atoms with Crippen LogP contribution >= 0.6 is 0 Å². The summed E-state index contributed by atoms with van der Waals surface area (Å²) in [4.78, 5) is 0. The molecular weight excluding hydrogens is 244 g/mol. The second kappa shape index (κ2) is 7.63. The van der Waals surface area contributed by atoms with E-state index in [4.69, 9.17) is 13.6 Å². The van der Waals surface area contributed by atoms with Gasteiger partial charge in [-0.15, -0.1) is 0 Å². The number of rotatable bonds is 10. The predicted octanol–water partition coefficient (Wildman–Crippen LogP) is 3.73. The standard InChI is InChI=1S/C14H30O3Si/c1-5-9-16-18(8-4,17-10-6-2)13-14(7-3)11-15-12-14/h5-13H2,1-4H3. The van der Waals surface area contributed by atoms with Crippen LogP contribution in [-0.2, 0) is 13.6 Å². The molecule has 0 aromatic carbocycles. The van der Waals surface area contributed by atoms with Crippen molar-refractivity contribution in [3.8, 4) is 0 Å². The minimum atomic E-state index is -2.02. The zero-order valence-electron chi connectivity index (χ0n) is 12.6. The quantitative estimate of drug-likeness (QED) is 0.568. The highest BCUT2D eigenvalue weighted by molar-refractivity contribution is 6.67. The first-order chi connectivity index (χ1) is 8.66. The third-order valence-electron chi connectivity index (χ3n) is 3.89. The summed E-state index contributed by atoms with van der Waals surface area (Å²) >= 11 is 0. The molecule has 1 fully saturated rings. The van der Waals surface area contributed by atoms with E-state index in [-0.39, 0.29) is 0 Å². The molecular formula is C14H30O3Si.